The summed E-state index contributed by atoms with van der Waals surface area (Å²) in [6.07, 6.45) is 0. The first kappa shape index (κ1) is 19.0. The molecule has 1 aromatic carbocycles. The second kappa shape index (κ2) is 7.46. The number of hydrogen-bond acceptors (Lipinski definition) is 4. The van der Waals surface area contributed by atoms with Gasteiger partial charge < -0.3 is 0 Å². The van der Waals surface area contributed by atoms with E-state index in [1.54, 1.807) is 21.9 Å². The quantitative estimate of drug-likeness (QED) is 0.464. The highest BCUT2D eigenvalue weighted by molar-refractivity contribution is 7.85. The van der Waals surface area contributed by atoms with Crippen LogP contribution in [0.15, 0.2) is 29.2 Å². The van der Waals surface area contributed by atoms with Crippen molar-refractivity contribution in [1.29, 1.82) is 0 Å². The minimum absolute atomic E-state index is 0.0666. The van der Waals surface area contributed by atoms with Gasteiger partial charge in [-0.05, 0) is 33.2 Å². The molecule has 1 N–H and O–H groups in total. The van der Waals surface area contributed by atoms with Crippen molar-refractivity contribution in [1.82, 2.24) is 9.80 Å². The molecule has 0 bridgehead atoms. The van der Waals surface area contributed by atoms with Gasteiger partial charge in [-0.1, -0.05) is 29.3 Å². The van der Waals surface area contributed by atoms with Gasteiger partial charge in [0.05, 0.1) is 4.90 Å². The van der Waals surface area contributed by atoms with Crippen LogP contribution in [-0.4, -0.2) is 53.5 Å². The van der Waals surface area contributed by atoms with Crippen LogP contribution in [0.2, 0.25) is 0 Å². The van der Waals surface area contributed by atoms with Crippen molar-refractivity contribution in [3.63, 3.8) is 0 Å². The second-order valence-corrected chi connectivity index (χ2v) is 7.38. The Morgan fingerprint density at radius 1 is 1.00 bits per heavy atom. The van der Waals surface area contributed by atoms with E-state index >= 15 is 0 Å². The van der Waals surface area contributed by atoms with Crippen molar-refractivity contribution < 1.29 is 13.0 Å². The predicted molar refractivity (Wildman–Crippen MR) is 85.4 cm³/mol. The zero-order valence-electron chi connectivity index (χ0n) is 11.7. The van der Waals surface area contributed by atoms with Crippen LogP contribution in [0.4, 0.5) is 0 Å². The molecule has 2 atom stereocenters. The predicted octanol–water partition coefficient (Wildman–Crippen LogP) is 2.76. The first-order valence-electron chi connectivity index (χ1n) is 5.96. The van der Waals surface area contributed by atoms with Gasteiger partial charge in [0.1, 0.15) is 16.6 Å². The normalized spacial score (nSPS) is 27.3. The molecule has 1 aliphatic heterocycles. The van der Waals surface area contributed by atoms with Gasteiger partial charge in [0.25, 0.3) is 10.1 Å². The fourth-order valence-corrected chi connectivity index (χ4v) is 3.03. The van der Waals surface area contributed by atoms with E-state index in [2.05, 4.69) is 0 Å². The third-order valence-corrected chi connectivity index (χ3v) is 5.70. The summed E-state index contributed by atoms with van der Waals surface area (Å²) in [5.41, 5.74) is 0.366. The lowest BCUT2D eigenvalue weighted by molar-refractivity contribution is 0.262. The fourth-order valence-electron chi connectivity index (χ4n) is 1.62. The van der Waals surface area contributed by atoms with Crippen molar-refractivity contribution in [3.8, 4) is 0 Å². The zero-order chi connectivity index (χ0) is 16.4. The lowest BCUT2D eigenvalue weighted by Crippen LogP contribution is -2.30. The third kappa shape index (κ3) is 4.96. The summed E-state index contributed by atoms with van der Waals surface area (Å²) in [5.74, 6) is 0. The molecule has 0 aromatic heterocycles. The average Bonchev–Trinajstić information content (AvgIpc) is 2.57. The topological polar surface area (TPSA) is 60.9 Å². The molecule has 1 fully saturated rings. The molecule has 120 valence electrons. The van der Waals surface area contributed by atoms with Gasteiger partial charge in [0, 0.05) is 0 Å². The van der Waals surface area contributed by atoms with E-state index < -0.39 is 10.1 Å². The Morgan fingerprint density at radius 2 is 1.38 bits per heavy atom. The Labute approximate surface area is 140 Å². The van der Waals surface area contributed by atoms with Gasteiger partial charge in [-0.3, -0.25) is 14.4 Å². The highest BCUT2D eigenvalue weighted by atomic mass is 35.5. The first-order chi connectivity index (χ1) is 9.55. The molecule has 2 unspecified atom stereocenters. The molecule has 0 saturated carbocycles. The molecule has 5 nitrogen and oxygen atoms in total. The number of hydrogen-bond donors (Lipinski definition) is 1. The summed E-state index contributed by atoms with van der Waals surface area (Å²) in [6, 6.07) is 5.99. The van der Waals surface area contributed by atoms with E-state index in [1.165, 1.54) is 12.1 Å². The molecule has 0 aliphatic carbocycles. The lowest BCUT2D eigenvalue weighted by atomic mass is 10.2. The van der Waals surface area contributed by atoms with Crippen LogP contribution < -0.4 is 0 Å². The summed E-state index contributed by atoms with van der Waals surface area (Å²) in [7, 11) is -0.337. The maximum atomic E-state index is 10.5. The largest absolute Gasteiger partial charge is 0.294 e. The number of benzene rings is 1. The number of likely N-dealkylation sites (N-methyl/N-ethyl adjacent to an activating group) is 2. The smallest absolute Gasteiger partial charge is 0.282 e. The highest BCUT2D eigenvalue weighted by Gasteiger charge is 2.39. The summed E-state index contributed by atoms with van der Waals surface area (Å²) in [4.78, 5) is 3.55. The van der Waals surface area contributed by atoms with Crippen LogP contribution >= 0.6 is 34.8 Å². The van der Waals surface area contributed by atoms with Gasteiger partial charge in [0.2, 0.25) is 0 Å². The van der Waals surface area contributed by atoms with E-state index in [0.29, 0.717) is 0 Å². The third-order valence-electron chi connectivity index (χ3n) is 3.00. The molecule has 0 amide bonds. The van der Waals surface area contributed by atoms with Gasteiger partial charge in [0.15, 0.2) is 0 Å². The number of alkyl halides is 3. The fraction of sp³-hybridized carbons (Fsp3) is 0.500. The van der Waals surface area contributed by atoms with Crippen molar-refractivity contribution >= 4 is 44.9 Å². The summed E-state index contributed by atoms with van der Waals surface area (Å²) < 4.78 is 29.6. The van der Waals surface area contributed by atoms with Crippen molar-refractivity contribution in [2.24, 2.45) is 0 Å². The summed E-state index contributed by atoms with van der Waals surface area (Å²) in [5, 5.41) is 0. The number of nitrogens with zero attached hydrogens (tertiary/aromatic N) is 2. The van der Waals surface area contributed by atoms with Gasteiger partial charge in [-0.15, -0.1) is 23.2 Å². The maximum absolute atomic E-state index is 10.5. The number of halogens is 3. The van der Waals surface area contributed by atoms with Crippen molar-refractivity contribution in [3.05, 3.63) is 29.8 Å². The molecule has 0 radical (unpaired) electrons. The molecule has 2 rings (SSSR count). The number of rotatable bonds is 1. The van der Waals surface area contributed by atoms with E-state index in [0.717, 1.165) is 5.56 Å². The van der Waals surface area contributed by atoms with E-state index in [4.69, 9.17) is 39.4 Å². The standard InChI is InChI=1S/C7H8O3S.C5H9Cl3N2/c1-6-2-4-7(5-3-6)11(8,9)10;1-9-3(6)4(7)10(2)5(9)8/h2-5H,1H3,(H,8,9,10);3-5H,1-2H3. The van der Waals surface area contributed by atoms with Crippen LogP contribution in [0.5, 0.6) is 0 Å². The van der Waals surface area contributed by atoms with Crippen LogP contribution in [0.25, 0.3) is 0 Å². The molecule has 9 heteroatoms. The minimum atomic E-state index is -4.02. The Hall–Kier alpha value is -0.0800. The molecular weight excluding hydrogens is 359 g/mol. The highest BCUT2D eigenvalue weighted by Crippen LogP contribution is 2.30. The molecule has 1 saturated heterocycles. The summed E-state index contributed by atoms with van der Waals surface area (Å²) >= 11 is 17.6. The molecule has 0 spiro atoms. The maximum Gasteiger partial charge on any atom is 0.294 e. The van der Waals surface area contributed by atoms with Gasteiger partial charge in [-0.2, -0.15) is 8.42 Å². The Morgan fingerprint density at radius 3 is 1.62 bits per heavy atom. The lowest BCUT2D eigenvalue weighted by Gasteiger charge is -2.17. The van der Waals surface area contributed by atoms with E-state index in [-0.39, 0.29) is 21.5 Å². The van der Waals surface area contributed by atoms with Crippen LogP contribution in [0.3, 0.4) is 0 Å². The van der Waals surface area contributed by atoms with E-state index in [1.807, 2.05) is 21.0 Å². The first-order valence-corrected chi connectivity index (χ1v) is 8.71. The Bertz CT molecular complexity index is 523. The van der Waals surface area contributed by atoms with E-state index in [9.17, 15) is 8.42 Å². The monoisotopic (exact) mass is 374 g/mol. The van der Waals surface area contributed by atoms with Crippen molar-refractivity contribution in [2.75, 3.05) is 14.1 Å². The zero-order valence-corrected chi connectivity index (χ0v) is 14.8. The van der Waals surface area contributed by atoms with Gasteiger partial charge >= 0.3 is 0 Å². The SMILES string of the molecule is CN1C(Cl)C(Cl)N(C)C1Cl.Cc1ccc(S(=O)(=O)O)cc1. The Balaban J connectivity index is 0.000000211. The van der Waals surface area contributed by atoms with Crippen LogP contribution in [-0.2, 0) is 10.1 Å². The summed E-state index contributed by atoms with van der Waals surface area (Å²) in [6.45, 7) is 1.84. The molecule has 1 aliphatic rings. The van der Waals surface area contributed by atoms with Gasteiger partial charge in [-0.25, -0.2) is 0 Å². The van der Waals surface area contributed by atoms with Crippen LogP contribution in [0, 0.1) is 6.92 Å². The van der Waals surface area contributed by atoms with Crippen LogP contribution in [0.1, 0.15) is 5.56 Å². The molecule has 21 heavy (non-hydrogen) atoms. The second-order valence-electron chi connectivity index (χ2n) is 4.68. The average molecular weight is 376 g/mol. The Kier molecular flexibility index (Phi) is 6.74. The van der Waals surface area contributed by atoms with Crippen molar-refractivity contribution in [2.45, 2.75) is 28.4 Å². The molecule has 1 aromatic rings. The molecule has 1 heterocycles. The molecular formula is C12H17Cl3N2O3S. The minimum Gasteiger partial charge on any atom is -0.282 e. The number of aryl methyl sites for hydroxylation is 1.